The molecule has 96 valence electrons. The highest BCUT2D eigenvalue weighted by molar-refractivity contribution is 6.16. The lowest BCUT2D eigenvalue weighted by Crippen LogP contribution is -2.50. The summed E-state index contributed by atoms with van der Waals surface area (Å²) in [6.45, 7) is 14.3. The largest absolute Gasteiger partial charge is 0.295 e. The molecule has 0 atom stereocenters. The monoisotopic (exact) mass is 243 g/mol. The quantitative estimate of drug-likeness (QED) is 0.340. The van der Waals surface area contributed by atoms with E-state index in [4.69, 9.17) is 0 Å². The van der Waals surface area contributed by atoms with Crippen LogP contribution in [0.15, 0.2) is 4.99 Å². The fourth-order valence-corrected chi connectivity index (χ4v) is 2.31. The van der Waals surface area contributed by atoms with Crippen LogP contribution in [-0.2, 0) is 0 Å². The standard InChI is InChI=1S/C12H29N3Si/c1-5-14(6-2)12(11-13-9-10-16)15(7-3)8-4/h9,12H,5-8,10-11H2,1-4,16H3. The van der Waals surface area contributed by atoms with Gasteiger partial charge in [-0.2, -0.15) is 0 Å². The Morgan fingerprint density at radius 1 is 1.00 bits per heavy atom. The topological polar surface area (TPSA) is 18.8 Å². The minimum absolute atomic E-state index is 0.481. The van der Waals surface area contributed by atoms with Crippen molar-refractivity contribution in [3.05, 3.63) is 0 Å². The second kappa shape index (κ2) is 9.99. The van der Waals surface area contributed by atoms with Crippen LogP contribution in [0.3, 0.4) is 0 Å². The highest BCUT2D eigenvalue weighted by atomic mass is 28.1. The van der Waals surface area contributed by atoms with Crippen LogP contribution in [0.1, 0.15) is 27.7 Å². The second-order valence-corrected chi connectivity index (χ2v) is 4.70. The molecule has 0 saturated carbocycles. The molecule has 0 bridgehead atoms. The van der Waals surface area contributed by atoms with E-state index in [1.807, 2.05) is 0 Å². The van der Waals surface area contributed by atoms with E-state index in [2.05, 4.69) is 48.7 Å². The summed E-state index contributed by atoms with van der Waals surface area (Å²) in [7, 11) is 1.22. The van der Waals surface area contributed by atoms with Crippen molar-refractivity contribution in [3.63, 3.8) is 0 Å². The fraction of sp³-hybridized carbons (Fsp3) is 0.917. The number of hydrogen-bond donors (Lipinski definition) is 0. The lowest BCUT2D eigenvalue weighted by Gasteiger charge is -2.37. The molecule has 4 heteroatoms. The molecule has 0 heterocycles. The highest BCUT2D eigenvalue weighted by Gasteiger charge is 2.20. The van der Waals surface area contributed by atoms with Crippen molar-refractivity contribution < 1.29 is 0 Å². The average Bonchev–Trinajstić information content (AvgIpc) is 2.31. The lowest BCUT2D eigenvalue weighted by molar-refractivity contribution is 0.0638. The Bertz CT molecular complexity index is 165. The first kappa shape index (κ1) is 15.8. The third-order valence-electron chi connectivity index (χ3n) is 3.05. The van der Waals surface area contributed by atoms with Gasteiger partial charge in [0.15, 0.2) is 0 Å². The third kappa shape index (κ3) is 5.23. The van der Waals surface area contributed by atoms with Gasteiger partial charge in [0.25, 0.3) is 0 Å². The molecule has 0 saturated heterocycles. The first-order valence-electron chi connectivity index (χ1n) is 6.71. The Morgan fingerprint density at radius 2 is 1.44 bits per heavy atom. The van der Waals surface area contributed by atoms with E-state index in [0.717, 1.165) is 32.7 Å². The SMILES string of the molecule is CCN(CC)C(CN=CC[SiH3])N(CC)CC. The Labute approximate surface area is 104 Å². The van der Waals surface area contributed by atoms with E-state index < -0.39 is 0 Å². The number of hydrogen-bond acceptors (Lipinski definition) is 3. The normalized spacial score (nSPS) is 12.7. The van der Waals surface area contributed by atoms with Crippen molar-refractivity contribution in [2.45, 2.75) is 39.9 Å². The average molecular weight is 243 g/mol. The molecule has 0 N–H and O–H groups in total. The number of rotatable bonds is 9. The molecule has 16 heavy (non-hydrogen) atoms. The van der Waals surface area contributed by atoms with Crippen LogP contribution in [0.25, 0.3) is 0 Å². The molecule has 0 radical (unpaired) electrons. The molecule has 0 rings (SSSR count). The predicted molar refractivity (Wildman–Crippen MR) is 77.7 cm³/mol. The van der Waals surface area contributed by atoms with Gasteiger partial charge >= 0.3 is 0 Å². The number of nitrogens with zero attached hydrogens (tertiary/aromatic N) is 3. The van der Waals surface area contributed by atoms with Gasteiger partial charge in [0, 0.05) is 10.2 Å². The van der Waals surface area contributed by atoms with Crippen LogP contribution in [-0.4, -0.2) is 65.1 Å². The van der Waals surface area contributed by atoms with E-state index >= 15 is 0 Å². The minimum Gasteiger partial charge on any atom is -0.295 e. The zero-order chi connectivity index (χ0) is 12.4. The molecule has 0 fully saturated rings. The predicted octanol–water partition coefficient (Wildman–Crippen LogP) is 0.851. The minimum atomic E-state index is 0.481. The first-order chi connectivity index (χ1) is 7.74. The van der Waals surface area contributed by atoms with E-state index in [1.165, 1.54) is 16.3 Å². The summed E-state index contributed by atoms with van der Waals surface area (Å²) >= 11 is 0. The van der Waals surface area contributed by atoms with Crippen molar-refractivity contribution in [2.75, 3.05) is 32.7 Å². The molecule has 0 aromatic carbocycles. The zero-order valence-electron chi connectivity index (χ0n) is 11.7. The van der Waals surface area contributed by atoms with Gasteiger partial charge in [-0.05, 0) is 38.4 Å². The van der Waals surface area contributed by atoms with E-state index in [-0.39, 0.29) is 0 Å². The maximum atomic E-state index is 4.55. The van der Waals surface area contributed by atoms with Crippen LogP contribution >= 0.6 is 0 Å². The Balaban J connectivity index is 4.52. The van der Waals surface area contributed by atoms with Crippen molar-refractivity contribution in [1.29, 1.82) is 0 Å². The van der Waals surface area contributed by atoms with Crippen molar-refractivity contribution in [1.82, 2.24) is 9.80 Å². The molecule has 0 amide bonds. The molecule has 0 spiro atoms. The molecule has 0 aliphatic heterocycles. The van der Waals surface area contributed by atoms with Gasteiger partial charge in [0.1, 0.15) is 0 Å². The highest BCUT2D eigenvalue weighted by Crippen LogP contribution is 2.06. The Kier molecular flexibility index (Phi) is 9.87. The van der Waals surface area contributed by atoms with Crippen LogP contribution < -0.4 is 0 Å². The Morgan fingerprint density at radius 3 is 1.75 bits per heavy atom. The molecular formula is C12H29N3Si. The van der Waals surface area contributed by atoms with Crippen LogP contribution in [0.5, 0.6) is 0 Å². The van der Waals surface area contributed by atoms with Crippen LogP contribution in [0.2, 0.25) is 6.04 Å². The van der Waals surface area contributed by atoms with Gasteiger partial charge in [-0.1, -0.05) is 27.7 Å². The van der Waals surface area contributed by atoms with Gasteiger partial charge in [0.05, 0.1) is 12.7 Å². The summed E-state index contributed by atoms with van der Waals surface area (Å²) in [5.74, 6) is 0. The van der Waals surface area contributed by atoms with Gasteiger partial charge in [-0.15, -0.1) is 0 Å². The van der Waals surface area contributed by atoms with E-state index in [9.17, 15) is 0 Å². The summed E-state index contributed by atoms with van der Waals surface area (Å²) < 4.78 is 0. The smallest absolute Gasteiger partial charge is 0.0823 e. The van der Waals surface area contributed by atoms with Crippen molar-refractivity contribution in [3.8, 4) is 0 Å². The summed E-state index contributed by atoms with van der Waals surface area (Å²) in [5, 5.41) is 0. The molecule has 0 aliphatic rings. The van der Waals surface area contributed by atoms with E-state index in [1.54, 1.807) is 0 Å². The van der Waals surface area contributed by atoms with Gasteiger partial charge in [-0.3, -0.25) is 14.8 Å². The second-order valence-electron chi connectivity index (χ2n) is 3.88. The summed E-state index contributed by atoms with van der Waals surface area (Å²) in [6.07, 6.45) is 2.57. The lowest BCUT2D eigenvalue weighted by atomic mass is 10.3. The maximum Gasteiger partial charge on any atom is 0.0823 e. The van der Waals surface area contributed by atoms with E-state index in [0.29, 0.717) is 6.17 Å². The summed E-state index contributed by atoms with van der Waals surface area (Å²) in [6, 6.07) is 1.17. The Hall–Kier alpha value is -0.193. The summed E-state index contributed by atoms with van der Waals surface area (Å²) in [5.41, 5.74) is 0. The van der Waals surface area contributed by atoms with Crippen LogP contribution in [0, 0.1) is 0 Å². The van der Waals surface area contributed by atoms with Crippen LogP contribution in [0.4, 0.5) is 0 Å². The van der Waals surface area contributed by atoms with Gasteiger partial charge in [0.2, 0.25) is 0 Å². The molecule has 0 aliphatic carbocycles. The first-order valence-corrected chi connectivity index (χ1v) is 8.12. The van der Waals surface area contributed by atoms with Gasteiger partial charge < -0.3 is 0 Å². The number of likely N-dealkylation sites (N-methyl/N-ethyl adjacent to an activating group) is 2. The molecule has 0 aromatic heterocycles. The maximum absolute atomic E-state index is 4.55. The number of aliphatic imine (C=N–C) groups is 1. The van der Waals surface area contributed by atoms with Gasteiger partial charge in [-0.25, -0.2) is 0 Å². The molecule has 0 unspecified atom stereocenters. The molecular weight excluding hydrogens is 214 g/mol. The molecule has 3 nitrogen and oxygen atoms in total. The zero-order valence-corrected chi connectivity index (χ0v) is 13.7. The van der Waals surface area contributed by atoms with Crippen molar-refractivity contribution in [2.24, 2.45) is 4.99 Å². The third-order valence-corrected chi connectivity index (χ3v) is 3.41. The fourth-order valence-electron chi connectivity index (χ4n) is 2.05. The summed E-state index contributed by atoms with van der Waals surface area (Å²) in [4.78, 5) is 9.55. The molecule has 0 aromatic rings. The van der Waals surface area contributed by atoms with Crippen molar-refractivity contribution >= 4 is 16.5 Å².